The average molecular weight is 406 g/mol. The van der Waals surface area contributed by atoms with Gasteiger partial charge in [-0.05, 0) is 39.2 Å². The van der Waals surface area contributed by atoms with Crippen molar-refractivity contribution in [2.45, 2.75) is 38.0 Å². The maximum absolute atomic E-state index is 13.0. The van der Waals surface area contributed by atoms with Gasteiger partial charge in [0.1, 0.15) is 10.7 Å². The minimum absolute atomic E-state index is 0.301. The second-order valence-electron chi connectivity index (χ2n) is 7.42. The Bertz CT molecular complexity index is 910. The van der Waals surface area contributed by atoms with Crippen LogP contribution in [-0.4, -0.2) is 72.2 Å². The van der Waals surface area contributed by atoms with E-state index in [-0.39, 0.29) is 0 Å². The SMILES string of the molecule is Cc1n[nH]c(C)c1S(=O)(=O)N1CCN(c2ccnc(N3CCCCC3)n2)CC1. The maximum atomic E-state index is 13.0. The van der Waals surface area contributed by atoms with Crippen LogP contribution in [0.25, 0.3) is 0 Å². The summed E-state index contributed by atoms with van der Waals surface area (Å²) < 4.78 is 27.6. The molecular weight excluding hydrogens is 378 g/mol. The Morgan fingerprint density at radius 1 is 0.964 bits per heavy atom. The number of aryl methyl sites for hydroxylation is 2. The molecule has 0 aromatic carbocycles. The predicted octanol–water partition coefficient (Wildman–Crippen LogP) is 1.32. The monoisotopic (exact) mass is 405 g/mol. The number of sulfonamides is 1. The van der Waals surface area contributed by atoms with Gasteiger partial charge in [-0.2, -0.15) is 14.4 Å². The summed E-state index contributed by atoms with van der Waals surface area (Å²) in [6, 6.07) is 1.90. The second-order valence-corrected chi connectivity index (χ2v) is 9.29. The van der Waals surface area contributed by atoms with Gasteiger partial charge < -0.3 is 9.80 Å². The molecule has 0 saturated carbocycles. The van der Waals surface area contributed by atoms with Crippen LogP contribution in [-0.2, 0) is 10.0 Å². The molecule has 1 N–H and O–H groups in total. The molecule has 2 aliphatic heterocycles. The molecule has 0 amide bonds. The minimum Gasteiger partial charge on any atom is -0.354 e. The van der Waals surface area contributed by atoms with Crippen molar-refractivity contribution in [1.29, 1.82) is 0 Å². The fraction of sp³-hybridized carbons (Fsp3) is 0.611. The van der Waals surface area contributed by atoms with Crippen molar-refractivity contribution in [3.8, 4) is 0 Å². The molecule has 0 radical (unpaired) electrons. The van der Waals surface area contributed by atoms with Gasteiger partial charge in [0.2, 0.25) is 16.0 Å². The quantitative estimate of drug-likeness (QED) is 0.819. The molecule has 0 unspecified atom stereocenters. The van der Waals surface area contributed by atoms with Crippen LogP contribution in [0.1, 0.15) is 30.7 Å². The lowest BCUT2D eigenvalue weighted by Crippen LogP contribution is -2.49. The van der Waals surface area contributed by atoms with Gasteiger partial charge in [0, 0.05) is 45.5 Å². The van der Waals surface area contributed by atoms with Crippen LogP contribution in [0.5, 0.6) is 0 Å². The van der Waals surface area contributed by atoms with Crippen LogP contribution in [0.4, 0.5) is 11.8 Å². The first kappa shape index (κ1) is 19.1. The first-order valence-corrected chi connectivity index (χ1v) is 11.3. The number of nitrogens with zero attached hydrogens (tertiary/aromatic N) is 6. The van der Waals surface area contributed by atoms with Gasteiger partial charge in [-0.15, -0.1) is 0 Å². The van der Waals surface area contributed by atoms with Crippen molar-refractivity contribution < 1.29 is 8.42 Å². The Labute approximate surface area is 165 Å². The van der Waals surface area contributed by atoms with E-state index in [0.29, 0.717) is 42.5 Å². The minimum atomic E-state index is -3.54. The van der Waals surface area contributed by atoms with Crippen LogP contribution in [0.15, 0.2) is 17.2 Å². The molecule has 2 fully saturated rings. The summed E-state index contributed by atoms with van der Waals surface area (Å²) in [5, 5.41) is 6.80. The number of aromatic amines is 1. The van der Waals surface area contributed by atoms with Crippen LogP contribution in [0, 0.1) is 13.8 Å². The van der Waals surface area contributed by atoms with Gasteiger partial charge in [0.15, 0.2) is 0 Å². The third-order valence-electron chi connectivity index (χ3n) is 5.49. The van der Waals surface area contributed by atoms with E-state index in [0.717, 1.165) is 24.9 Å². The van der Waals surface area contributed by atoms with Crippen LogP contribution < -0.4 is 9.80 Å². The Hall–Kier alpha value is -2.20. The Morgan fingerprint density at radius 2 is 1.68 bits per heavy atom. The number of piperidine rings is 1. The lowest BCUT2D eigenvalue weighted by Gasteiger charge is -2.35. The molecule has 0 atom stereocenters. The highest BCUT2D eigenvalue weighted by Gasteiger charge is 2.32. The molecule has 0 aliphatic carbocycles. The summed E-state index contributed by atoms with van der Waals surface area (Å²) in [6.07, 6.45) is 5.42. The molecule has 28 heavy (non-hydrogen) atoms. The molecule has 2 aromatic heterocycles. The largest absolute Gasteiger partial charge is 0.354 e. The van der Waals surface area contributed by atoms with Crippen molar-refractivity contribution in [3.63, 3.8) is 0 Å². The van der Waals surface area contributed by atoms with E-state index >= 15 is 0 Å². The molecular formula is C18H27N7O2S. The highest BCUT2D eigenvalue weighted by molar-refractivity contribution is 7.89. The van der Waals surface area contributed by atoms with E-state index in [1.807, 2.05) is 6.07 Å². The summed E-state index contributed by atoms with van der Waals surface area (Å²) in [4.78, 5) is 13.9. The number of hydrogen-bond acceptors (Lipinski definition) is 7. The van der Waals surface area contributed by atoms with E-state index in [1.165, 1.54) is 19.3 Å². The molecule has 2 aromatic rings. The van der Waals surface area contributed by atoms with E-state index < -0.39 is 10.0 Å². The number of piperazine rings is 1. The van der Waals surface area contributed by atoms with Crippen molar-refractivity contribution in [1.82, 2.24) is 24.5 Å². The fourth-order valence-electron chi connectivity index (χ4n) is 3.97. The topological polar surface area (TPSA) is 98.3 Å². The van der Waals surface area contributed by atoms with Crippen LogP contribution in [0.2, 0.25) is 0 Å². The van der Waals surface area contributed by atoms with E-state index in [2.05, 4.69) is 25.0 Å². The molecule has 10 heteroatoms. The summed E-state index contributed by atoms with van der Waals surface area (Å²) in [7, 11) is -3.54. The van der Waals surface area contributed by atoms with Gasteiger partial charge in [0.25, 0.3) is 0 Å². The number of anilines is 2. The summed E-state index contributed by atoms with van der Waals surface area (Å²) in [6.45, 7) is 7.52. The molecule has 0 bridgehead atoms. The smallest absolute Gasteiger partial charge is 0.246 e. The highest BCUT2D eigenvalue weighted by Crippen LogP contribution is 2.24. The van der Waals surface area contributed by atoms with Gasteiger partial charge in [-0.1, -0.05) is 0 Å². The number of rotatable bonds is 4. The van der Waals surface area contributed by atoms with Gasteiger partial charge in [-0.25, -0.2) is 13.4 Å². The van der Waals surface area contributed by atoms with Crippen molar-refractivity contribution >= 4 is 21.8 Å². The lowest BCUT2D eigenvalue weighted by molar-refractivity contribution is 0.383. The Morgan fingerprint density at radius 3 is 2.32 bits per heavy atom. The van der Waals surface area contributed by atoms with E-state index in [4.69, 9.17) is 4.98 Å². The average Bonchev–Trinajstić information content (AvgIpc) is 3.08. The molecule has 2 aliphatic rings. The lowest BCUT2D eigenvalue weighted by atomic mass is 10.1. The van der Waals surface area contributed by atoms with Crippen LogP contribution >= 0.6 is 0 Å². The molecule has 4 rings (SSSR count). The summed E-state index contributed by atoms with van der Waals surface area (Å²) in [5.74, 6) is 1.64. The Balaban J connectivity index is 1.46. The zero-order valence-electron chi connectivity index (χ0n) is 16.4. The first-order valence-electron chi connectivity index (χ1n) is 9.81. The number of aromatic nitrogens is 4. The fourth-order valence-corrected chi connectivity index (χ4v) is 5.72. The number of hydrogen-bond donors (Lipinski definition) is 1. The zero-order valence-corrected chi connectivity index (χ0v) is 17.2. The van der Waals surface area contributed by atoms with Crippen molar-refractivity contribution in [3.05, 3.63) is 23.7 Å². The van der Waals surface area contributed by atoms with Crippen LogP contribution in [0.3, 0.4) is 0 Å². The third-order valence-corrected chi connectivity index (χ3v) is 7.65. The summed E-state index contributed by atoms with van der Waals surface area (Å²) in [5.41, 5.74) is 1.10. The molecule has 152 valence electrons. The number of H-pyrrole nitrogens is 1. The van der Waals surface area contributed by atoms with E-state index in [9.17, 15) is 8.42 Å². The van der Waals surface area contributed by atoms with Crippen molar-refractivity contribution in [2.24, 2.45) is 0 Å². The second kappa shape index (κ2) is 7.67. The predicted molar refractivity (Wildman–Crippen MR) is 107 cm³/mol. The first-order chi connectivity index (χ1) is 13.5. The maximum Gasteiger partial charge on any atom is 0.246 e. The van der Waals surface area contributed by atoms with Gasteiger partial charge in [0.05, 0.1) is 11.4 Å². The van der Waals surface area contributed by atoms with Crippen molar-refractivity contribution in [2.75, 3.05) is 49.1 Å². The molecule has 2 saturated heterocycles. The van der Waals surface area contributed by atoms with Gasteiger partial charge in [-0.3, -0.25) is 5.10 Å². The third kappa shape index (κ3) is 3.58. The standard InChI is InChI=1S/C18H27N7O2S/c1-14-17(15(2)22-21-14)28(26,27)25-12-10-23(11-13-25)16-6-7-19-18(20-16)24-8-4-3-5-9-24/h6-7H,3-5,8-13H2,1-2H3,(H,21,22). The van der Waals surface area contributed by atoms with Gasteiger partial charge >= 0.3 is 0 Å². The molecule has 9 nitrogen and oxygen atoms in total. The zero-order chi connectivity index (χ0) is 19.7. The molecule has 0 spiro atoms. The normalized spacial score (nSPS) is 19.2. The number of nitrogens with one attached hydrogen (secondary N) is 1. The highest BCUT2D eigenvalue weighted by atomic mass is 32.2. The summed E-state index contributed by atoms with van der Waals surface area (Å²) >= 11 is 0. The Kier molecular flexibility index (Phi) is 5.24. The molecule has 4 heterocycles. The van der Waals surface area contributed by atoms with E-state index in [1.54, 1.807) is 24.3 Å².